The van der Waals surface area contributed by atoms with Crippen molar-refractivity contribution in [3.63, 3.8) is 0 Å². The Kier molecular flexibility index (Phi) is 6.24. The lowest BCUT2D eigenvalue weighted by Crippen LogP contribution is -2.38. The van der Waals surface area contributed by atoms with E-state index in [0.29, 0.717) is 11.0 Å². The number of carbonyl (C=O) groups is 3. The summed E-state index contributed by atoms with van der Waals surface area (Å²) in [5.41, 5.74) is -1.98. The number of benzene rings is 3. The van der Waals surface area contributed by atoms with Gasteiger partial charge in [-0.1, -0.05) is 35.9 Å². The molecule has 11 nitrogen and oxygen atoms in total. The van der Waals surface area contributed by atoms with Gasteiger partial charge in [0, 0.05) is 23.3 Å². The largest absolute Gasteiger partial charge is 0.545 e. The van der Waals surface area contributed by atoms with E-state index >= 15 is 0 Å². The van der Waals surface area contributed by atoms with Gasteiger partial charge >= 0.3 is 0 Å². The second-order valence-electron chi connectivity index (χ2n) is 6.87. The molecule has 33 heavy (non-hydrogen) atoms. The normalized spacial score (nSPS) is 10.3. The summed E-state index contributed by atoms with van der Waals surface area (Å²) >= 11 is 0. The quantitative estimate of drug-likeness (QED) is 0.315. The van der Waals surface area contributed by atoms with E-state index in [2.05, 4.69) is 0 Å². The van der Waals surface area contributed by atoms with Crippen LogP contribution in [0.2, 0.25) is 0 Å². The zero-order chi connectivity index (χ0) is 24.3. The highest BCUT2D eigenvalue weighted by atomic mass is 16.6. The van der Waals surface area contributed by atoms with E-state index in [1.807, 2.05) is 0 Å². The molecule has 0 N–H and O–H groups in total. The highest BCUT2D eigenvalue weighted by Gasteiger charge is 2.30. The second-order valence-corrected chi connectivity index (χ2v) is 6.87. The Morgan fingerprint density at radius 2 is 1.27 bits per heavy atom. The van der Waals surface area contributed by atoms with Crippen molar-refractivity contribution in [2.24, 2.45) is 0 Å². The Labute approximate surface area is 185 Å². The number of imide groups is 1. The van der Waals surface area contributed by atoms with Gasteiger partial charge in [-0.15, -0.1) is 0 Å². The number of nitro groups is 2. The summed E-state index contributed by atoms with van der Waals surface area (Å²) in [5.74, 6) is -3.83. The fourth-order valence-corrected chi connectivity index (χ4v) is 3.05. The molecule has 0 aromatic heterocycles. The number of non-ortho nitro benzene ring substituents is 2. The minimum absolute atomic E-state index is 0.0258. The number of carbonyl (C=O) groups excluding carboxylic acids is 3. The SMILES string of the molecule is Cc1ccc(N(C(=O)c2cc([N+](=O)[O-])cc([N+](=O)[O-])c2)C(=O)c2ccccc2C(=O)[O-])cc1. The molecule has 0 aliphatic rings. The number of aryl methyl sites for hydroxylation is 1. The molecule has 3 aromatic rings. The molecule has 0 aliphatic heterocycles. The molecular formula is C22H14N3O8-. The number of amides is 2. The molecule has 2 amide bonds. The first-order chi connectivity index (χ1) is 15.6. The molecule has 0 radical (unpaired) electrons. The molecule has 11 heteroatoms. The summed E-state index contributed by atoms with van der Waals surface area (Å²) in [4.78, 5) is 59.4. The molecule has 0 fully saturated rings. The summed E-state index contributed by atoms with van der Waals surface area (Å²) < 4.78 is 0. The Bertz CT molecular complexity index is 1270. The van der Waals surface area contributed by atoms with Crippen molar-refractivity contribution in [3.8, 4) is 0 Å². The van der Waals surface area contributed by atoms with Gasteiger partial charge in [-0.25, -0.2) is 4.90 Å². The number of carboxylic acids is 1. The van der Waals surface area contributed by atoms with Crippen LogP contribution in [-0.4, -0.2) is 27.6 Å². The third-order valence-corrected chi connectivity index (χ3v) is 4.65. The van der Waals surface area contributed by atoms with Gasteiger partial charge in [0.2, 0.25) is 0 Å². The highest BCUT2D eigenvalue weighted by molar-refractivity contribution is 6.27. The third kappa shape index (κ3) is 4.71. The summed E-state index contributed by atoms with van der Waals surface area (Å²) in [6.07, 6.45) is 0. The lowest BCUT2D eigenvalue weighted by molar-refractivity contribution is -0.394. The molecule has 3 rings (SSSR count). The van der Waals surface area contributed by atoms with Gasteiger partial charge in [-0.2, -0.15) is 0 Å². The van der Waals surface area contributed by atoms with Crippen molar-refractivity contribution in [2.45, 2.75) is 6.92 Å². The Morgan fingerprint density at radius 3 is 1.76 bits per heavy atom. The zero-order valence-corrected chi connectivity index (χ0v) is 17.0. The fraction of sp³-hybridized carbons (Fsp3) is 0.0455. The molecule has 3 aromatic carbocycles. The van der Waals surface area contributed by atoms with E-state index in [1.165, 1.54) is 30.3 Å². The monoisotopic (exact) mass is 448 g/mol. The second kappa shape index (κ2) is 9.06. The van der Waals surface area contributed by atoms with Crippen molar-refractivity contribution < 1.29 is 29.3 Å². The van der Waals surface area contributed by atoms with Crippen LogP contribution in [0, 0.1) is 27.2 Å². The van der Waals surface area contributed by atoms with Crippen molar-refractivity contribution in [1.29, 1.82) is 0 Å². The van der Waals surface area contributed by atoms with Crippen LogP contribution in [0.15, 0.2) is 66.7 Å². The van der Waals surface area contributed by atoms with Gasteiger partial charge in [0.1, 0.15) is 0 Å². The average Bonchev–Trinajstić information content (AvgIpc) is 2.79. The molecule has 0 saturated heterocycles. The molecule has 0 unspecified atom stereocenters. The number of rotatable bonds is 6. The number of carboxylic acid groups (broad SMARTS) is 1. The van der Waals surface area contributed by atoms with Crippen LogP contribution in [0.5, 0.6) is 0 Å². The van der Waals surface area contributed by atoms with Crippen molar-refractivity contribution in [1.82, 2.24) is 0 Å². The summed E-state index contributed by atoms with van der Waals surface area (Å²) in [5, 5.41) is 33.9. The standard InChI is InChI=1S/C22H15N3O8/c1-13-6-8-15(9-7-13)23(21(27)18-4-2-3-5-19(18)22(28)29)20(26)14-10-16(24(30)31)12-17(11-14)25(32)33/h2-12H,1H3,(H,28,29)/p-1. The van der Waals surface area contributed by atoms with Crippen molar-refractivity contribution in [2.75, 3.05) is 4.90 Å². The molecular weight excluding hydrogens is 434 g/mol. The fourth-order valence-electron chi connectivity index (χ4n) is 3.05. The molecule has 0 saturated carbocycles. The van der Waals surface area contributed by atoms with E-state index in [0.717, 1.165) is 23.8 Å². The smallest absolute Gasteiger partial charge is 0.277 e. The van der Waals surface area contributed by atoms with E-state index in [4.69, 9.17) is 0 Å². The molecule has 0 aliphatic carbocycles. The van der Waals surface area contributed by atoms with Gasteiger partial charge in [0.25, 0.3) is 23.2 Å². The van der Waals surface area contributed by atoms with Crippen LogP contribution in [0.3, 0.4) is 0 Å². The Morgan fingerprint density at radius 1 is 0.758 bits per heavy atom. The minimum atomic E-state index is -1.65. The first-order valence-corrected chi connectivity index (χ1v) is 9.30. The van der Waals surface area contributed by atoms with E-state index < -0.39 is 50.1 Å². The van der Waals surface area contributed by atoms with Crippen LogP contribution < -0.4 is 10.0 Å². The Balaban J connectivity index is 2.21. The zero-order valence-electron chi connectivity index (χ0n) is 17.0. The molecule has 0 bridgehead atoms. The summed E-state index contributed by atoms with van der Waals surface area (Å²) in [6.45, 7) is 1.76. The van der Waals surface area contributed by atoms with Crippen LogP contribution >= 0.6 is 0 Å². The highest BCUT2D eigenvalue weighted by Crippen LogP contribution is 2.27. The first-order valence-electron chi connectivity index (χ1n) is 9.30. The maximum Gasteiger partial charge on any atom is 0.277 e. The predicted octanol–water partition coefficient (Wildman–Crippen LogP) is 2.66. The first kappa shape index (κ1) is 22.7. The van der Waals surface area contributed by atoms with Gasteiger partial charge in [0.15, 0.2) is 0 Å². The topological polar surface area (TPSA) is 164 Å². The van der Waals surface area contributed by atoms with Gasteiger partial charge in [-0.05, 0) is 25.1 Å². The lowest BCUT2D eigenvalue weighted by atomic mass is 10.0. The van der Waals surface area contributed by atoms with E-state index in [9.17, 15) is 39.7 Å². The minimum Gasteiger partial charge on any atom is -0.545 e. The van der Waals surface area contributed by atoms with E-state index in [-0.39, 0.29) is 11.3 Å². The molecule has 0 spiro atoms. The van der Waals surface area contributed by atoms with Gasteiger partial charge in [0.05, 0.1) is 33.1 Å². The van der Waals surface area contributed by atoms with E-state index in [1.54, 1.807) is 19.1 Å². The van der Waals surface area contributed by atoms with Crippen LogP contribution in [0.4, 0.5) is 17.1 Å². The summed E-state index contributed by atoms with van der Waals surface area (Å²) in [6, 6.07) is 13.3. The predicted molar refractivity (Wildman–Crippen MR) is 113 cm³/mol. The number of hydrogen-bond donors (Lipinski definition) is 0. The molecule has 166 valence electrons. The van der Waals surface area contributed by atoms with Crippen LogP contribution in [0.1, 0.15) is 36.6 Å². The van der Waals surface area contributed by atoms with Crippen LogP contribution in [0.25, 0.3) is 0 Å². The number of aromatic carboxylic acids is 1. The molecule has 0 atom stereocenters. The van der Waals surface area contributed by atoms with Gasteiger partial charge < -0.3 is 9.90 Å². The number of nitrogens with zero attached hydrogens (tertiary/aromatic N) is 3. The maximum absolute atomic E-state index is 13.4. The third-order valence-electron chi connectivity index (χ3n) is 4.65. The number of anilines is 1. The van der Waals surface area contributed by atoms with Crippen LogP contribution in [-0.2, 0) is 0 Å². The lowest BCUT2D eigenvalue weighted by Gasteiger charge is -2.23. The van der Waals surface area contributed by atoms with Gasteiger partial charge in [-0.3, -0.25) is 29.8 Å². The summed E-state index contributed by atoms with van der Waals surface area (Å²) in [7, 11) is 0. The number of nitro benzene ring substituents is 2. The van der Waals surface area contributed by atoms with Crippen molar-refractivity contribution >= 4 is 34.8 Å². The molecule has 0 heterocycles. The average molecular weight is 448 g/mol. The maximum atomic E-state index is 13.4. The van der Waals surface area contributed by atoms with Crippen molar-refractivity contribution in [3.05, 3.63) is 109 Å². The number of hydrogen-bond acceptors (Lipinski definition) is 8. The Hall–Kier alpha value is -4.93.